The van der Waals surface area contributed by atoms with Crippen LogP contribution in [0.3, 0.4) is 0 Å². The van der Waals surface area contributed by atoms with Crippen LogP contribution in [0.25, 0.3) is 0 Å². The van der Waals surface area contributed by atoms with Crippen molar-refractivity contribution in [3.63, 3.8) is 0 Å². The van der Waals surface area contributed by atoms with Gasteiger partial charge >= 0.3 is 6.09 Å². The molecule has 5 heteroatoms. The summed E-state index contributed by atoms with van der Waals surface area (Å²) in [4.78, 5) is 10.8. The van der Waals surface area contributed by atoms with Crippen molar-refractivity contribution in [1.82, 2.24) is 5.32 Å². The standard InChI is InChI=1S/C12H15BrFNO2/c1-12(2,3)10(15-11(16)17)7-4-8(13)6-9(14)5-7/h4-6,10,15H,1-3H3,(H,16,17). The van der Waals surface area contributed by atoms with Gasteiger partial charge in [-0.1, -0.05) is 36.7 Å². The molecule has 0 fully saturated rings. The highest BCUT2D eigenvalue weighted by molar-refractivity contribution is 9.10. The van der Waals surface area contributed by atoms with Gasteiger partial charge in [-0.05, 0) is 29.2 Å². The molecule has 0 saturated heterocycles. The number of carboxylic acid groups (broad SMARTS) is 1. The Morgan fingerprint density at radius 3 is 2.41 bits per heavy atom. The second-order valence-electron chi connectivity index (χ2n) is 4.95. The molecule has 0 spiro atoms. The summed E-state index contributed by atoms with van der Waals surface area (Å²) < 4.78 is 13.9. The molecule has 1 aromatic rings. The minimum atomic E-state index is -1.12. The van der Waals surface area contributed by atoms with Gasteiger partial charge in [0.15, 0.2) is 0 Å². The molecule has 0 aliphatic heterocycles. The minimum Gasteiger partial charge on any atom is -0.465 e. The molecule has 17 heavy (non-hydrogen) atoms. The van der Waals surface area contributed by atoms with Crippen molar-refractivity contribution in [3.05, 3.63) is 34.1 Å². The first kappa shape index (κ1) is 14.0. The Kier molecular flexibility index (Phi) is 4.14. The zero-order chi connectivity index (χ0) is 13.2. The summed E-state index contributed by atoms with van der Waals surface area (Å²) in [5.41, 5.74) is 0.262. The third-order valence-electron chi connectivity index (χ3n) is 2.35. The molecule has 0 heterocycles. The quantitative estimate of drug-likeness (QED) is 0.869. The second-order valence-corrected chi connectivity index (χ2v) is 5.87. The third kappa shape index (κ3) is 4.00. The summed E-state index contributed by atoms with van der Waals surface area (Å²) in [6.07, 6.45) is -1.12. The molecule has 0 aromatic heterocycles. The molecule has 2 N–H and O–H groups in total. The fraction of sp³-hybridized carbons (Fsp3) is 0.417. The Balaban J connectivity index is 3.17. The molecule has 3 nitrogen and oxygen atoms in total. The van der Waals surface area contributed by atoms with E-state index >= 15 is 0 Å². The van der Waals surface area contributed by atoms with Gasteiger partial charge in [-0.3, -0.25) is 0 Å². The van der Waals surface area contributed by atoms with Crippen LogP contribution in [0.1, 0.15) is 32.4 Å². The van der Waals surface area contributed by atoms with Crippen LogP contribution in [-0.2, 0) is 0 Å². The molecule has 1 atom stereocenters. The number of rotatable bonds is 2. The zero-order valence-electron chi connectivity index (χ0n) is 9.92. The highest BCUT2D eigenvalue weighted by Crippen LogP contribution is 2.34. The highest BCUT2D eigenvalue weighted by Gasteiger charge is 2.28. The lowest BCUT2D eigenvalue weighted by Gasteiger charge is -2.31. The molecule has 0 aliphatic rings. The number of amides is 1. The normalized spacial score (nSPS) is 13.2. The van der Waals surface area contributed by atoms with Crippen LogP contribution in [-0.4, -0.2) is 11.2 Å². The van der Waals surface area contributed by atoms with Crippen LogP contribution in [0.2, 0.25) is 0 Å². The van der Waals surface area contributed by atoms with E-state index in [0.29, 0.717) is 10.0 Å². The van der Waals surface area contributed by atoms with Crippen molar-refractivity contribution in [1.29, 1.82) is 0 Å². The predicted molar refractivity (Wildman–Crippen MR) is 67.5 cm³/mol. The van der Waals surface area contributed by atoms with Gasteiger partial charge in [0.2, 0.25) is 0 Å². The molecule has 0 aliphatic carbocycles. The first-order valence-corrected chi connectivity index (χ1v) is 5.95. The van der Waals surface area contributed by atoms with Gasteiger partial charge in [0.25, 0.3) is 0 Å². The van der Waals surface area contributed by atoms with Crippen molar-refractivity contribution >= 4 is 22.0 Å². The van der Waals surface area contributed by atoms with Crippen LogP contribution < -0.4 is 5.32 Å². The van der Waals surface area contributed by atoms with Gasteiger partial charge in [-0.2, -0.15) is 0 Å². The first-order chi connectivity index (χ1) is 7.70. The lowest BCUT2D eigenvalue weighted by Crippen LogP contribution is -2.35. The number of halogens is 2. The Morgan fingerprint density at radius 2 is 2.00 bits per heavy atom. The van der Waals surface area contributed by atoms with Crippen molar-refractivity contribution in [2.45, 2.75) is 26.8 Å². The maximum atomic E-state index is 13.3. The maximum Gasteiger partial charge on any atom is 0.405 e. The van der Waals surface area contributed by atoms with E-state index in [-0.39, 0.29) is 5.41 Å². The van der Waals surface area contributed by atoms with Gasteiger partial charge < -0.3 is 10.4 Å². The van der Waals surface area contributed by atoms with Crippen LogP contribution in [0.15, 0.2) is 22.7 Å². The Hall–Kier alpha value is -1.10. The summed E-state index contributed by atoms with van der Waals surface area (Å²) in [5.74, 6) is -0.393. The van der Waals surface area contributed by atoms with Gasteiger partial charge in [-0.15, -0.1) is 0 Å². The molecule has 0 saturated carbocycles. The number of hydrogen-bond donors (Lipinski definition) is 2. The largest absolute Gasteiger partial charge is 0.465 e. The maximum absolute atomic E-state index is 13.3. The van der Waals surface area contributed by atoms with Crippen molar-refractivity contribution < 1.29 is 14.3 Å². The summed E-state index contributed by atoms with van der Waals surface area (Å²) >= 11 is 3.20. The summed E-state index contributed by atoms with van der Waals surface area (Å²) in [6.45, 7) is 5.69. The van der Waals surface area contributed by atoms with Crippen molar-refractivity contribution in [3.8, 4) is 0 Å². The predicted octanol–water partition coefficient (Wildman–Crippen LogP) is 3.94. The molecule has 0 radical (unpaired) electrons. The van der Waals surface area contributed by atoms with Crippen molar-refractivity contribution in [2.24, 2.45) is 5.41 Å². The smallest absolute Gasteiger partial charge is 0.405 e. The molecule has 1 aromatic carbocycles. The number of hydrogen-bond acceptors (Lipinski definition) is 1. The zero-order valence-corrected chi connectivity index (χ0v) is 11.5. The van der Waals surface area contributed by atoms with E-state index in [1.54, 1.807) is 6.07 Å². The Morgan fingerprint density at radius 1 is 1.41 bits per heavy atom. The summed E-state index contributed by atoms with van der Waals surface area (Å²) in [5, 5.41) is 11.3. The topological polar surface area (TPSA) is 49.3 Å². The van der Waals surface area contributed by atoms with Gasteiger partial charge in [0.05, 0.1) is 6.04 Å². The molecule has 0 bridgehead atoms. The van der Waals surface area contributed by atoms with E-state index in [2.05, 4.69) is 21.2 Å². The fourth-order valence-electron chi connectivity index (χ4n) is 1.67. The molecule has 1 unspecified atom stereocenters. The van der Waals surface area contributed by atoms with Gasteiger partial charge in [0, 0.05) is 4.47 Å². The Labute approximate surface area is 108 Å². The van der Waals surface area contributed by atoms with Crippen LogP contribution in [0.4, 0.5) is 9.18 Å². The van der Waals surface area contributed by atoms with Crippen LogP contribution in [0.5, 0.6) is 0 Å². The molecule has 1 amide bonds. The third-order valence-corrected chi connectivity index (χ3v) is 2.81. The SMILES string of the molecule is CC(C)(C)C(NC(=O)O)c1cc(F)cc(Br)c1. The highest BCUT2D eigenvalue weighted by atomic mass is 79.9. The second kappa shape index (κ2) is 5.04. The Bertz CT molecular complexity index is 409. The molecule has 94 valence electrons. The fourth-order valence-corrected chi connectivity index (χ4v) is 2.15. The number of carbonyl (C=O) groups is 1. The van der Waals surface area contributed by atoms with Crippen LogP contribution >= 0.6 is 15.9 Å². The van der Waals surface area contributed by atoms with E-state index in [9.17, 15) is 9.18 Å². The molecular weight excluding hydrogens is 289 g/mol. The van der Waals surface area contributed by atoms with Crippen LogP contribution in [0, 0.1) is 11.2 Å². The van der Waals surface area contributed by atoms with E-state index in [1.807, 2.05) is 20.8 Å². The van der Waals surface area contributed by atoms with Crippen molar-refractivity contribution in [2.75, 3.05) is 0 Å². The van der Waals surface area contributed by atoms with E-state index in [0.717, 1.165) is 0 Å². The molecular formula is C12H15BrFNO2. The lowest BCUT2D eigenvalue weighted by atomic mass is 9.82. The number of nitrogens with one attached hydrogen (secondary N) is 1. The van der Waals surface area contributed by atoms with Gasteiger partial charge in [0.1, 0.15) is 5.82 Å². The van der Waals surface area contributed by atoms with E-state index in [1.165, 1.54) is 12.1 Å². The average molecular weight is 304 g/mol. The average Bonchev–Trinajstić information content (AvgIpc) is 2.10. The monoisotopic (exact) mass is 303 g/mol. The summed E-state index contributed by atoms with van der Waals surface area (Å²) in [6, 6.07) is 3.93. The number of benzene rings is 1. The molecule has 1 rings (SSSR count). The first-order valence-electron chi connectivity index (χ1n) is 5.15. The van der Waals surface area contributed by atoms with E-state index in [4.69, 9.17) is 5.11 Å². The lowest BCUT2D eigenvalue weighted by molar-refractivity contribution is 0.175. The van der Waals surface area contributed by atoms with E-state index < -0.39 is 18.0 Å². The summed E-state index contributed by atoms with van der Waals surface area (Å²) in [7, 11) is 0. The minimum absolute atomic E-state index is 0.342. The van der Waals surface area contributed by atoms with Gasteiger partial charge in [-0.25, -0.2) is 9.18 Å².